The van der Waals surface area contributed by atoms with E-state index in [4.69, 9.17) is 0 Å². The first-order valence-electron chi connectivity index (χ1n) is 30.8. The Morgan fingerprint density at radius 2 is 1.06 bits per heavy atom. The molecule has 1 fully saturated rings. The molecule has 84 heavy (non-hydrogen) atoms. The summed E-state index contributed by atoms with van der Waals surface area (Å²) in [5, 5.41) is 2.59. The lowest BCUT2D eigenvalue weighted by atomic mass is 9.33. The van der Waals surface area contributed by atoms with Crippen LogP contribution in [0.15, 0.2) is 248 Å². The van der Waals surface area contributed by atoms with Gasteiger partial charge in [0.25, 0.3) is 6.71 Å². The molecule has 10 aromatic carbocycles. The van der Waals surface area contributed by atoms with Gasteiger partial charge in [0.1, 0.15) is 0 Å². The van der Waals surface area contributed by atoms with Gasteiger partial charge in [-0.25, -0.2) is 0 Å². The number of nitrogens with zero attached hydrogens (tertiary/aromatic N) is 3. The van der Waals surface area contributed by atoms with E-state index in [2.05, 4.69) is 285 Å². The van der Waals surface area contributed by atoms with Gasteiger partial charge >= 0.3 is 0 Å². The second-order valence-corrected chi connectivity index (χ2v) is 25.8. The first-order chi connectivity index (χ1) is 41.3. The lowest BCUT2D eigenvalue weighted by Crippen LogP contribution is -2.61. The van der Waals surface area contributed by atoms with E-state index in [9.17, 15) is 0 Å². The van der Waals surface area contributed by atoms with Gasteiger partial charge in [0.05, 0.1) is 22.4 Å². The molecule has 1 saturated carbocycles. The van der Waals surface area contributed by atoms with E-state index in [0.717, 1.165) is 6.42 Å². The van der Waals surface area contributed by atoms with Gasteiger partial charge in [0.2, 0.25) is 0 Å². The van der Waals surface area contributed by atoms with Crippen molar-refractivity contribution in [2.24, 2.45) is 5.92 Å². The Balaban J connectivity index is 0.993. The molecule has 17 rings (SSSR count). The van der Waals surface area contributed by atoms with Crippen LogP contribution < -0.4 is 26.2 Å². The molecule has 11 aromatic rings. The SMILES string of the molecule is Cc1ccc2c(c1)N(c1ccccc1-c1ccccc1)c1cc(C(C)(C)C)cc3c1B2c1cc2c(cc1N3c1ccccc1-c1ccccc1)C1(C3=C(CC=CC(n4c5ccccc5c5ccccc54)=C3)c3ccccc31)C1CCCCCC21. The summed E-state index contributed by atoms with van der Waals surface area (Å²) in [5.74, 6) is 0.765. The van der Waals surface area contributed by atoms with Crippen LogP contribution in [0, 0.1) is 12.8 Å². The molecule has 3 heterocycles. The Morgan fingerprint density at radius 1 is 0.488 bits per heavy atom. The highest BCUT2D eigenvalue weighted by atomic mass is 15.2. The largest absolute Gasteiger partial charge is 0.311 e. The van der Waals surface area contributed by atoms with Crippen molar-refractivity contribution < 1.29 is 0 Å². The van der Waals surface area contributed by atoms with Crippen LogP contribution in [0.4, 0.5) is 34.1 Å². The summed E-state index contributed by atoms with van der Waals surface area (Å²) in [6.45, 7) is 9.43. The Hall–Kier alpha value is -9.12. The number of rotatable bonds is 5. The average molecular weight is 1080 g/mol. The number of para-hydroxylation sites is 4. The number of fused-ring (bicyclic) bond motifs is 16. The third-order valence-corrected chi connectivity index (χ3v) is 20.3. The van der Waals surface area contributed by atoms with E-state index in [1.807, 2.05) is 0 Å². The van der Waals surface area contributed by atoms with Crippen molar-refractivity contribution in [3.63, 3.8) is 0 Å². The van der Waals surface area contributed by atoms with Gasteiger partial charge < -0.3 is 14.4 Å². The fourth-order valence-corrected chi connectivity index (χ4v) is 16.8. The van der Waals surface area contributed by atoms with Crippen LogP contribution in [0.3, 0.4) is 0 Å². The van der Waals surface area contributed by atoms with Crippen LogP contribution in [-0.2, 0) is 10.8 Å². The minimum absolute atomic E-state index is 0.0319. The Bertz CT molecular complexity index is 4590. The summed E-state index contributed by atoms with van der Waals surface area (Å²) in [7, 11) is 0. The van der Waals surface area contributed by atoms with Crippen LogP contribution in [-0.4, -0.2) is 11.3 Å². The number of aromatic nitrogens is 1. The molecule has 3 unspecified atom stereocenters. The monoisotopic (exact) mass is 1080 g/mol. The predicted octanol–water partition coefficient (Wildman–Crippen LogP) is 19.0. The third kappa shape index (κ3) is 7.07. The molecular formula is C80H66BN3. The maximum Gasteiger partial charge on any atom is 0.252 e. The summed E-state index contributed by atoms with van der Waals surface area (Å²) in [6, 6.07) is 86.3. The number of aryl methyl sites for hydroxylation is 1. The zero-order chi connectivity index (χ0) is 56.0. The van der Waals surface area contributed by atoms with Crippen molar-refractivity contribution in [2.45, 2.75) is 83.0 Å². The van der Waals surface area contributed by atoms with Crippen LogP contribution in [0.1, 0.15) is 98.6 Å². The molecule has 0 amide bonds. The van der Waals surface area contributed by atoms with Gasteiger partial charge in [-0.1, -0.05) is 222 Å². The van der Waals surface area contributed by atoms with Gasteiger partial charge in [-0.15, -0.1) is 0 Å². The quantitative estimate of drug-likeness (QED) is 0.159. The molecule has 1 aromatic heterocycles. The Labute approximate surface area is 494 Å². The molecule has 3 nitrogen and oxygen atoms in total. The van der Waals surface area contributed by atoms with Crippen molar-refractivity contribution in [2.75, 3.05) is 9.80 Å². The van der Waals surface area contributed by atoms with Crippen molar-refractivity contribution in [3.8, 4) is 22.3 Å². The zero-order valence-electron chi connectivity index (χ0n) is 48.4. The molecule has 3 atom stereocenters. The standard InChI is InChI=1S/C80H66BN3/c1-51-43-44-68-74(45-51)83(70-39-20-15-30-56(70)52-25-8-5-9-26-52)76-46-54(79(2,3)4)47-77-78(76)81(68)69-49-63-60-32-12-7-13-37-65(60)80(67(63)50-75(69)84(77)71-40-21-16-31-57(71)53-27-10-6-11-28-53)64-38-19-14-33-58(64)59-36-24-29-55(48-66(59)80)82-72-41-22-17-34-61(72)62-35-18-23-42-73(62)82/h5-6,8-11,14-31,33-35,38-50,60,65H,7,12-13,32,36-37H2,1-4H3. The second kappa shape index (κ2) is 18.7. The maximum atomic E-state index is 2.81. The molecule has 0 bridgehead atoms. The molecule has 0 N–H and O–H groups in total. The van der Waals surface area contributed by atoms with Gasteiger partial charge in [0.15, 0.2) is 0 Å². The topological polar surface area (TPSA) is 11.4 Å². The van der Waals surface area contributed by atoms with Crippen molar-refractivity contribution in [1.29, 1.82) is 0 Å². The average Bonchev–Trinajstić information content (AvgIpc) is 1.48. The van der Waals surface area contributed by atoms with E-state index in [1.54, 1.807) is 5.56 Å². The third-order valence-electron chi connectivity index (χ3n) is 20.3. The number of allylic oxidation sites excluding steroid dienone is 6. The van der Waals surface area contributed by atoms with E-state index in [1.165, 1.54) is 171 Å². The van der Waals surface area contributed by atoms with Crippen LogP contribution in [0.25, 0.3) is 55.3 Å². The molecule has 0 saturated heterocycles. The highest BCUT2D eigenvalue weighted by molar-refractivity contribution is 7.00. The molecule has 4 heteroatoms. The number of benzene rings is 10. The summed E-state index contributed by atoms with van der Waals surface area (Å²) < 4.78 is 2.56. The van der Waals surface area contributed by atoms with Crippen LogP contribution >= 0.6 is 0 Å². The van der Waals surface area contributed by atoms with Gasteiger partial charge in [-0.2, -0.15) is 0 Å². The molecule has 0 radical (unpaired) electrons. The lowest BCUT2D eigenvalue weighted by molar-refractivity contribution is 0.332. The second-order valence-electron chi connectivity index (χ2n) is 25.8. The Kier molecular flexibility index (Phi) is 11.0. The maximum absolute atomic E-state index is 2.81. The normalized spacial score (nSPS) is 19.1. The molecular weight excluding hydrogens is 1010 g/mol. The smallest absolute Gasteiger partial charge is 0.252 e. The van der Waals surface area contributed by atoms with E-state index in [-0.39, 0.29) is 17.5 Å². The molecule has 6 aliphatic rings. The summed E-state index contributed by atoms with van der Waals surface area (Å²) in [6.07, 6.45) is 14.6. The zero-order valence-corrected chi connectivity index (χ0v) is 48.4. The molecule has 404 valence electrons. The van der Waals surface area contributed by atoms with E-state index in [0.29, 0.717) is 11.8 Å². The molecule has 1 spiro atoms. The van der Waals surface area contributed by atoms with Gasteiger partial charge in [0, 0.05) is 55.8 Å². The fourth-order valence-electron chi connectivity index (χ4n) is 16.8. The molecule has 2 aliphatic heterocycles. The van der Waals surface area contributed by atoms with Crippen molar-refractivity contribution in [1.82, 2.24) is 4.57 Å². The van der Waals surface area contributed by atoms with E-state index >= 15 is 0 Å². The van der Waals surface area contributed by atoms with Crippen molar-refractivity contribution in [3.05, 3.63) is 282 Å². The summed E-state index contributed by atoms with van der Waals surface area (Å²) >= 11 is 0. The fraction of sp³-hybridized carbons (Fsp3) is 0.175. The Morgan fingerprint density at radius 3 is 1.71 bits per heavy atom. The lowest BCUT2D eigenvalue weighted by Gasteiger charge is -2.46. The van der Waals surface area contributed by atoms with Crippen LogP contribution in [0.5, 0.6) is 0 Å². The van der Waals surface area contributed by atoms with Gasteiger partial charge in [-0.3, -0.25) is 0 Å². The van der Waals surface area contributed by atoms with E-state index < -0.39 is 0 Å². The minimum atomic E-state index is -0.385. The minimum Gasteiger partial charge on any atom is -0.311 e. The number of hydrogen-bond acceptors (Lipinski definition) is 2. The molecule has 4 aliphatic carbocycles. The first kappa shape index (κ1) is 49.5. The summed E-state index contributed by atoms with van der Waals surface area (Å²) in [5.41, 5.74) is 31.2. The number of anilines is 6. The number of hydrogen-bond donors (Lipinski definition) is 0. The highest BCUT2D eigenvalue weighted by Gasteiger charge is 2.59. The van der Waals surface area contributed by atoms with Crippen molar-refractivity contribution >= 4 is 90.3 Å². The van der Waals surface area contributed by atoms with Crippen LogP contribution in [0.2, 0.25) is 0 Å². The first-order valence-corrected chi connectivity index (χ1v) is 30.8. The van der Waals surface area contributed by atoms with Gasteiger partial charge in [-0.05, 0) is 176 Å². The highest BCUT2D eigenvalue weighted by Crippen LogP contribution is 2.68. The summed E-state index contributed by atoms with van der Waals surface area (Å²) in [4.78, 5) is 5.39. The predicted molar refractivity (Wildman–Crippen MR) is 356 cm³/mol.